The molecule has 0 spiro atoms. The molecule has 1 N–H and O–H groups in total. The van der Waals surface area contributed by atoms with Crippen LogP contribution in [0.1, 0.15) is 43.1 Å². The van der Waals surface area contributed by atoms with Gasteiger partial charge in [0.15, 0.2) is 0 Å². The van der Waals surface area contributed by atoms with Crippen LogP contribution in [0.25, 0.3) is 0 Å². The molecule has 0 saturated carbocycles. The predicted octanol–water partition coefficient (Wildman–Crippen LogP) is 2.61. The van der Waals surface area contributed by atoms with Crippen molar-refractivity contribution in [3.05, 3.63) is 35.4 Å². The molecule has 1 aromatic rings. The van der Waals surface area contributed by atoms with E-state index < -0.39 is 28.0 Å². The number of esters is 1. The van der Waals surface area contributed by atoms with Gasteiger partial charge in [0, 0.05) is 16.6 Å². The fourth-order valence-electron chi connectivity index (χ4n) is 1.65. The van der Waals surface area contributed by atoms with Crippen molar-refractivity contribution in [2.24, 2.45) is 5.92 Å². The summed E-state index contributed by atoms with van der Waals surface area (Å²) in [5.41, 5.74) is 0.904. The lowest BCUT2D eigenvalue weighted by molar-refractivity contribution is -0.143. The Morgan fingerprint density at radius 1 is 1.18 bits per heavy atom. The summed E-state index contributed by atoms with van der Waals surface area (Å²) < 4.78 is 17.3. The minimum atomic E-state index is -1.40. The highest BCUT2D eigenvalue weighted by Crippen LogP contribution is 2.11. The minimum Gasteiger partial charge on any atom is -0.478 e. The molecule has 0 heterocycles. The summed E-state index contributed by atoms with van der Waals surface area (Å²) in [7, 11) is -1.40. The second-order valence-electron chi connectivity index (χ2n) is 5.52. The van der Waals surface area contributed by atoms with E-state index in [9.17, 15) is 13.8 Å². The van der Waals surface area contributed by atoms with Gasteiger partial charge in [0.05, 0.1) is 12.2 Å². The highest BCUT2D eigenvalue weighted by atomic mass is 32.2. The molecule has 0 radical (unpaired) electrons. The quantitative estimate of drug-likeness (QED) is 0.743. The number of carboxylic acid groups (broad SMARTS) is 1. The van der Waals surface area contributed by atoms with Crippen molar-refractivity contribution in [3.63, 3.8) is 0 Å². The zero-order valence-electron chi connectivity index (χ0n) is 13.1. The molecular weight excluding hydrogens is 304 g/mol. The maximum Gasteiger partial charge on any atom is 0.335 e. The molecule has 0 bridgehead atoms. The van der Waals surface area contributed by atoms with Crippen molar-refractivity contribution < 1.29 is 23.6 Å². The maximum atomic E-state index is 12.2. The monoisotopic (exact) mass is 326 g/mol. The Kier molecular flexibility index (Phi) is 7.24. The van der Waals surface area contributed by atoms with Crippen LogP contribution in [0.4, 0.5) is 0 Å². The number of hydrogen-bond donors (Lipinski definition) is 1. The number of carboxylic acids is 1. The van der Waals surface area contributed by atoms with Crippen LogP contribution >= 0.6 is 0 Å². The number of rotatable bonds is 8. The molecular formula is C16H22O5S. The van der Waals surface area contributed by atoms with Crippen molar-refractivity contribution in [2.75, 3.05) is 6.61 Å². The maximum absolute atomic E-state index is 12.2. The molecule has 5 nitrogen and oxygen atoms in total. The molecule has 0 aliphatic rings. The Bertz CT molecular complexity index is 536. The highest BCUT2D eigenvalue weighted by Gasteiger charge is 2.21. The van der Waals surface area contributed by atoms with Crippen LogP contribution in [0, 0.1) is 5.92 Å². The Labute approximate surface area is 133 Å². The first-order valence-corrected chi connectivity index (χ1v) is 8.55. The van der Waals surface area contributed by atoms with Crippen LogP contribution < -0.4 is 0 Å². The number of benzene rings is 1. The summed E-state index contributed by atoms with van der Waals surface area (Å²) in [4.78, 5) is 22.6. The van der Waals surface area contributed by atoms with Crippen molar-refractivity contribution in [1.29, 1.82) is 0 Å². The fraction of sp³-hybridized carbons (Fsp3) is 0.500. The van der Waals surface area contributed by atoms with Crippen molar-refractivity contribution >= 4 is 22.7 Å². The van der Waals surface area contributed by atoms with Gasteiger partial charge in [0.2, 0.25) is 0 Å². The smallest absolute Gasteiger partial charge is 0.335 e. The summed E-state index contributed by atoms with van der Waals surface area (Å²) in [5, 5.41) is 8.12. The van der Waals surface area contributed by atoms with Crippen LogP contribution in [-0.2, 0) is 26.1 Å². The zero-order chi connectivity index (χ0) is 16.7. The van der Waals surface area contributed by atoms with Crippen LogP contribution in [0.5, 0.6) is 0 Å². The molecule has 1 aromatic carbocycles. The van der Waals surface area contributed by atoms with Crippen LogP contribution in [0.3, 0.4) is 0 Å². The lowest BCUT2D eigenvalue weighted by Gasteiger charge is -2.12. The van der Waals surface area contributed by atoms with Crippen LogP contribution in [0.15, 0.2) is 24.3 Å². The zero-order valence-corrected chi connectivity index (χ0v) is 13.9. The first kappa shape index (κ1) is 18.4. The predicted molar refractivity (Wildman–Crippen MR) is 85.1 cm³/mol. The summed E-state index contributed by atoms with van der Waals surface area (Å²) in [6, 6.07) is 6.14. The van der Waals surface area contributed by atoms with Gasteiger partial charge in [-0.15, -0.1) is 0 Å². The number of hydrogen-bond acceptors (Lipinski definition) is 4. The highest BCUT2D eigenvalue weighted by molar-refractivity contribution is 7.85. The van der Waals surface area contributed by atoms with Gasteiger partial charge in [0.25, 0.3) is 0 Å². The third-order valence-corrected chi connectivity index (χ3v) is 4.77. The fourth-order valence-corrected chi connectivity index (χ4v) is 2.71. The number of aromatic carboxylic acids is 1. The van der Waals surface area contributed by atoms with E-state index in [1.165, 1.54) is 12.1 Å². The largest absolute Gasteiger partial charge is 0.478 e. The van der Waals surface area contributed by atoms with Crippen molar-refractivity contribution in [3.8, 4) is 0 Å². The van der Waals surface area contributed by atoms with Crippen molar-refractivity contribution in [1.82, 2.24) is 0 Å². The van der Waals surface area contributed by atoms with Gasteiger partial charge in [-0.1, -0.05) is 26.0 Å². The van der Waals surface area contributed by atoms with Crippen molar-refractivity contribution in [2.45, 2.75) is 38.2 Å². The lowest BCUT2D eigenvalue weighted by Crippen LogP contribution is -2.26. The van der Waals surface area contributed by atoms with E-state index in [0.717, 1.165) is 12.0 Å². The van der Waals surface area contributed by atoms with E-state index in [2.05, 4.69) is 0 Å². The van der Waals surface area contributed by atoms with Crippen LogP contribution in [-0.4, -0.2) is 33.1 Å². The molecule has 0 aliphatic carbocycles. The average molecular weight is 326 g/mol. The lowest BCUT2D eigenvalue weighted by atomic mass is 10.1. The molecule has 0 amide bonds. The molecule has 6 heteroatoms. The van der Waals surface area contributed by atoms with Gasteiger partial charge >= 0.3 is 11.9 Å². The molecule has 0 aliphatic heterocycles. The second kappa shape index (κ2) is 8.68. The van der Waals surface area contributed by atoms with E-state index >= 15 is 0 Å². The molecule has 0 saturated heterocycles. The molecule has 2 atom stereocenters. The van der Waals surface area contributed by atoms with E-state index in [1.807, 2.05) is 13.8 Å². The van der Waals surface area contributed by atoms with E-state index in [-0.39, 0.29) is 11.3 Å². The van der Waals surface area contributed by atoms with Gasteiger partial charge in [-0.25, -0.2) is 4.79 Å². The van der Waals surface area contributed by atoms with Gasteiger partial charge in [-0.05, 0) is 37.0 Å². The summed E-state index contributed by atoms with van der Waals surface area (Å²) in [5.74, 6) is -0.822. The second-order valence-corrected chi connectivity index (χ2v) is 7.28. The van der Waals surface area contributed by atoms with Gasteiger partial charge in [-0.2, -0.15) is 0 Å². The molecule has 2 unspecified atom stereocenters. The number of carbonyl (C=O) groups excluding carboxylic acids is 1. The molecule has 0 fully saturated rings. The SMILES string of the molecule is CC(C)CCOC(=O)C(C)S(=O)Cc1ccc(C(=O)O)cc1. The summed E-state index contributed by atoms with van der Waals surface area (Å²) in [6.07, 6.45) is 0.780. The minimum absolute atomic E-state index is 0.177. The Hall–Kier alpha value is -1.69. The third-order valence-electron chi connectivity index (χ3n) is 3.18. The average Bonchev–Trinajstić information content (AvgIpc) is 2.46. The van der Waals surface area contributed by atoms with Gasteiger partial charge in [-0.3, -0.25) is 9.00 Å². The summed E-state index contributed by atoms with van der Waals surface area (Å²) >= 11 is 0. The molecule has 22 heavy (non-hydrogen) atoms. The Morgan fingerprint density at radius 3 is 2.27 bits per heavy atom. The van der Waals surface area contributed by atoms with Crippen LogP contribution in [0.2, 0.25) is 0 Å². The normalized spacial score (nSPS) is 13.6. The molecule has 122 valence electrons. The van der Waals surface area contributed by atoms with E-state index in [0.29, 0.717) is 12.5 Å². The first-order valence-electron chi connectivity index (χ1n) is 7.17. The number of ether oxygens (including phenoxy) is 1. The Balaban J connectivity index is 2.52. The molecule has 1 rings (SSSR count). The molecule has 0 aromatic heterocycles. The van der Waals surface area contributed by atoms with Gasteiger partial charge in [0.1, 0.15) is 5.25 Å². The topological polar surface area (TPSA) is 80.7 Å². The first-order chi connectivity index (χ1) is 10.3. The van der Waals surface area contributed by atoms with E-state index in [4.69, 9.17) is 9.84 Å². The summed E-state index contributed by atoms with van der Waals surface area (Å²) in [6.45, 7) is 6.00. The Morgan fingerprint density at radius 2 is 1.77 bits per heavy atom. The third kappa shape index (κ3) is 5.97. The van der Waals surface area contributed by atoms with Gasteiger partial charge < -0.3 is 9.84 Å². The number of carbonyl (C=O) groups is 2. The van der Waals surface area contributed by atoms with E-state index in [1.54, 1.807) is 19.1 Å². The standard InChI is InChI=1S/C16H22O5S/c1-11(2)8-9-21-16(19)12(3)22(20)10-13-4-6-14(7-5-13)15(17)18/h4-7,11-12H,8-10H2,1-3H3,(H,17,18).